The summed E-state index contributed by atoms with van der Waals surface area (Å²) in [6, 6.07) is 12.0. The highest BCUT2D eigenvalue weighted by molar-refractivity contribution is 6.32. The van der Waals surface area contributed by atoms with Crippen molar-refractivity contribution in [3.63, 3.8) is 0 Å². The molecular weight excluding hydrogens is 346 g/mol. The smallest absolute Gasteiger partial charge is 0.345 e. The maximum absolute atomic E-state index is 12.2. The minimum atomic E-state index is -0.653. The van der Waals surface area contributed by atoms with Crippen LogP contribution < -0.4 is 10.3 Å². The number of carbonyl (C=O) groups is 1. The highest BCUT2D eigenvalue weighted by Crippen LogP contribution is 2.25. The number of rotatable bonds is 5. The number of carbonyl (C=O) groups excluding carboxylic acids is 1. The number of ether oxygens (including phenoxy) is 2. The van der Waals surface area contributed by atoms with E-state index >= 15 is 0 Å². The van der Waals surface area contributed by atoms with Crippen LogP contribution in [-0.4, -0.2) is 27.6 Å². The number of benzene rings is 2. The molecule has 0 saturated heterocycles. The third-order valence-electron chi connectivity index (χ3n) is 3.41. The molecule has 1 aromatic heterocycles. The topological polar surface area (TPSA) is 83.3 Å². The Morgan fingerprint density at radius 2 is 2.04 bits per heavy atom. The molecule has 7 nitrogen and oxygen atoms in total. The molecule has 25 heavy (non-hydrogen) atoms. The van der Waals surface area contributed by atoms with Crippen molar-refractivity contribution in [1.82, 2.24) is 15.0 Å². The fraction of sp³-hybridized carbons (Fsp3) is 0.176. The summed E-state index contributed by atoms with van der Waals surface area (Å²) in [7, 11) is 0. The van der Waals surface area contributed by atoms with E-state index in [1.807, 2.05) is 13.0 Å². The van der Waals surface area contributed by atoms with Gasteiger partial charge in [-0.1, -0.05) is 35.0 Å². The van der Waals surface area contributed by atoms with Crippen molar-refractivity contribution in [3.8, 4) is 5.75 Å². The van der Waals surface area contributed by atoms with Crippen LogP contribution in [0.5, 0.6) is 5.75 Å². The third-order valence-corrected chi connectivity index (χ3v) is 3.72. The maximum Gasteiger partial charge on any atom is 0.345 e. The van der Waals surface area contributed by atoms with Crippen LogP contribution in [0.1, 0.15) is 5.56 Å². The monoisotopic (exact) mass is 359 g/mol. The molecular formula is C17H14ClN3O4. The van der Waals surface area contributed by atoms with Crippen LogP contribution in [0.15, 0.2) is 47.3 Å². The zero-order valence-corrected chi connectivity index (χ0v) is 14.1. The third kappa shape index (κ3) is 3.95. The van der Waals surface area contributed by atoms with Gasteiger partial charge in [-0.15, -0.1) is 5.10 Å². The second-order valence-electron chi connectivity index (χ2n) is 5.28. The average Bonchev–Trinajstić information content (AvgIpc) is 2.62. The van der Waals surface area contributed by atoms with Gasteiger partial charge in [0.1, 0.15) is 11.3 Å². The van der Waals surface area contributed by atoms with Crippen LogP contribution in [0.2, 0.25) is 5.02 Å². The lowest BCUT2D eigenvalue weighted by Gasteiger charge is -2.09. The van der Waals surface area contributed by atoms with Crippen molar-refractivity contribution < 1.29 is 14.3 Å². The van der Waals surface area contributed by atoms with Gasteiger partial charge in [0, 0.05) is 0 Å². The van der Waals surface area contributed by atoms with Gasteiger partial charge in [0.25, 0.3) is 5.56 Å². The summed E-state index contributed by atoms with van der Waals surface area (Å²) in [6.07, 6.45) is 0. The second-order valence-corrected chi connectivity index (χ2v) is 5.69. The van der Waals surface area contributed by atoms with E-state index in [9.17, 15) is 9.59 Å². The molecule has 0 unspecified atom stereocenters. The Hall–Kier alpha value is -2.93. The molecule has 2 aromatic carbocycles. The summed E-state index contributed by atoms with van der Waals surface area (Å²) >= 11 is 5.99. The Morgan fingerprint density at radius 3 is 2.88 bits per heavy atom. The van der Waals surface area contributed by atoms with Gasteiger partial charge in [0.2, 0.25) is 0 Å². The van der Waals surface area contributed by atoms with Crippen molar-refractivity contribution >= 4 is 28.5 Å². The zero-order chi connectivity index (χ0) is 17.8. The van der Waals surface area contributed by atoms with E-state index in [4.69, 9.17) is 21.1 Å². The van der Waals surface area contributed by atoms with Crippen LogP contribution in [0, 0.1) is 6.92 Å². The highest BCUT2D eigenvalue weighted by atomic mass is 35.5. The molecule has 0 aliphatic heterocycles. The van der Waals surface area contributed by atoms with E-state index in [0.29, 0.717) is 21.7 Å². The summed E-state index contributed by atoms with van der Waals surface area (Å²) < 4.78 is 11.3. The molecule has 0 bridgehead atoms. The summed E-state index contributed by atoms with van der Waals surface area (Å²) in [5.74, 6) is -0.263. The molecule has 0 amide bonds. The molecule has 0 N–H and O–H groups in total. The number of nitrogens with zero attached hydrogens (tertiary/aromatic N) is 3. The number of hydrogen-bond acceptors (Lipinski definition) is 6. The van der Waals surface area contributed by atoms with E-state index in [-0.39, 0.29) is 18.9 Å². The molecule has 0 saturated carbocycles. The average molecular weight is 360 g/mol. The van der Waals surface area contributed by atoms with Crippen LogP contribution in [-0.2, 0) is 16.3 Å². The Labute approximate surface area is 147 Å². The summed E-state index contributed by atoms with van der Waals surface area (Å²) in [5, 5.41) is 8.44. The number of halogens is 1. The van der Waals surface area contributed by atoms with Crippen LogP contribution in [0.3, 0.4) is 0 Å². The minimum Gasteiger partial charge on any atom is -0.480 e. The summed E-state index contributed by atoms with van der Waals surface area (Å²) in [5.41, 5.74) is 1.04. The molecule has 0 fully saturated rings. The molecule has 8 heteroatoms. The maximum atomic E-state index is 12.2. The first-order valence-electron chi connectivity index (χ1n) is 7.42. The van der Waals surface area contributed by atoms with Crippen molar-refractivity contribution in [2.45, 2.75) is 13.7 Å². The Kier molecular flexibility index (Phi) is 4.95. The number of aryl methyl sites for hydroxylation is 1. The molecule has 0 aliphatic carbocycles. The van der Waals surface area contributed by atoms with Crippen molar-refractivity contribution in [3.05, 3.63) is 63.4 Å². The molecule has 1 heterocycles. The van der Waals surface area contributed by atoms with Crippen molar-refractivity contribution in [2.75, 3.05) is 6.61 Å². The van der Waals surface area contributed by atoms with Gasteiger partial charge in [0.15, 0.2) is 13.3 Å². The molecule has 128 valence electrons. The van der Waals surface area contributed by atoms with Gasteiger partial charge in [-0.25, -0.2) is 4.79 Å². The first-order valence-corrected chi connectivity index (χ1v) is 7.79. The minimum absolute atomic E-state index is 0.334. The molecule has 0 atom stereocenters. The molecule has 0 aliphatic rings. The number of fused-ring (bicyclic) bond motifs is 1. The largest absolute Gasteiger partial charge is 0.480 e. The first-order chi connectivity index (χ1) is 12.0. The molecule has 0 spiro atoms. The molecule has 3 aromatic rings. The van der Waals surface area contributed by atoms with Crippen LogP contribution in [0.25, 0.3) is 10.9 Å². The van der Waals surface area contributed by atoms with Crippen LogP contribution >= 0.6 is 11.6 Å². The number of aromatic nitrogens is 3. The molecule has 0 radical (unpaired) electrons. The summed E-state index contributed by atoms with van der Waals surface area (Å²) in [6.45, 7) is 1.20. The van der Waals surface area contributed by atoms with E-state index in [1.54, 1.807) is 36.4 Å². The van der Waals surface area contributed by atoms with Gasteiger partial charge in [-0.05, 0) is 36.8 Å². The summed E-state index contributed by atoms with van der Waals surface area (Å²) in [4.78, 5) is 24.0. The van der Waals surface area contributed by atoms with E-state index in [0.717, 1.165) is 10.2 Å². The standard InChI is InChI=1S/C17H14ClN3O4/c1-11-6-7-13(18)15(8-11)24-9-16(22)25-10-21-17(23)12-4-2-3-5-14(12)19-20-21/h2-8H,9-10H2,1H3. The lowest BCUT2D eigenvalue weighted by atomic mass is 10.2. The lowest BCUT2D eigenvalue weighted by Crippen LogP contribution is -2.27. The van der Waals surface area contributed by atoms with Gasteiger partial charge in [-0.2, -0.15) is 4.68 Å². The Bertz CT molecular complexity index is 987. The van der Waals surface area contributed by atoms with Crippen LogP contribution in [0.4, 0.5) is 0 Å². The zero-order valence-electron chi connectivity index (χ0n) is 13.3. The van der Waals surface area contributed by atoms with E-state index < -0.39 is 5.97 Å². The van der Waals surface area contributed by atoms with E-state index in [1.165, 1.54) is 0 Å². The van der Waals surface area contributed by atoms with Gasteiger partial charge in [0.05, 0.1) is 10.4 Å². The Morgan fingerprint density at radius 1 is 1.24 bits per heavy atom. The predicted molar refractivity (Wildman–Crippen MR) is 91.6 cm³/mol. The van der Waals surface area contributed by atoms with Gasteiger partial charge >= 0.3 is 5.97 Å². The van der Waals surface area contributed by atoms with Gasteiger partial charge < -0.3 is 9.47 Å². The predicted octanol–water partition coefficient (Wildman–Crippen LogP) is 2.33. The number of esters is 1. The second kappa shape index (κ2) is 7.31. The fourth-order valence-corrected chi connectivity index (χ4v) is 2.31. The van der Waals surface area contributed by atoms with Crippen molar-refractivity contribution in [2.24, 2.45) is 0 Å². The fourth-order valence-electron chi connectivity index (χ4n) is 2.14. The SMILES string of the molecule is Cc1ccc(Cl)c(OCC(=O)OCn2nnc3ccccc3c2=O)c1. The quantitative estimate of drug-likeness (QED) is 0.650. The van der Waals surface area contributed by atoms with Crippen molar-refractivity contribution in [1.29, 1.82) is 0 Å². The van der Waals surface area contributed by atoms with E-state index in [2.05, 4.69) is 10.3 Å². The lowest BCUT2D eigenvalue weighted by molar-refractivity contribution is -0.150. The first kappa shape index (κ1) is 16.9. The van der Waals surface area contributed by atoms with Gasteiger partial charge in [-0.3, -0.25) is 4.79 Å². The normalized spacial score (nSPS) is 10.6. The number of hydrogen-bond donors (Lipinski definition) is 0. The molecule has 3 rings (SSSR count). The highest BCUT2D eigenvalue weighted by Gasteiger charge is 2.10. The Balaban J connectivity index is 1.62.